The Labute approximate surface area is 129 Å². The van der Waals surface area contributed by atoms with Crippen molar-refractivity contribution in [3.8, 4) is 0 Å². The minimum atomic E-state index is -0.710. The zero-order valence-electron chi connectivity index (χ0n) is 14.3. The van der Waals surface area contributed by atoms with E-state index in [-0.39, 0.29) is 24.2 Å². The highest BCUT2D eigenvalue weighted by Crippen LogP contribution is 2.36. The predicted octanol–water partition coefficient (Wildman–Crippen LogP) is 2.67. The Balaban J connectivity index is 2.71. The van der Waals surface area contributed by atoms with Crippen molar-refractivity contribution < 1.29 is 19.7 Å². The topological polar surface area (TPSA) is 58.9 Å². The number of aliphatic hydroxyl groups excluding tert-OH is 2. The van der Waals surface area contributed by atoms with Crippen LogP contribution in [0.2, 0.25) is 0 Å². The van der Waals surface area contributed by atoms with Gasteiger partial charge in [0.25, 0.3) is 0 Å². The van der Waals surface area contributed by atoms with Gasteiger partial charge in [0.05, 0.1) is 18.3 Å². The van der Waals surface area contributed by atoms with Crippen LogP contribution in [-0.4, -0.2) is 47.8 Å². The van der Waals surface area contributed by atoms with Gasteiger partial charge in [0, 0.05) is 13.0 Å². The van der Waals surface area contributed by atoms with Crippen molar-refractivity contribution in [1.82, 2.24) is 0 Å². The van der Waals surface area contributed by atoms with Crippen LogP contribution in [-0.2, 0) is 9.47 Å². The van der Waals surface area contributed by atoms with Gasteiger partial charge in [-0.25, -0.2) is 0 Å². The molecule has 0 aromatic heterocycles. The summed E-state index contributed by atoms with van der Waals surface area (Å²) in [4.78, 5) is 0. The molecule has 0 bridgehead atoms. The summed E-state index contributed by atoms with van der Waals surface area (Å²) in [7, 11) is 1.69. The highest BCUT2D eigenvalue weighted by Gasteiger charge is 2.34. The van der Waals surface area contributed by atoms with Gasteiger partial charge in [0.15, 0.2) is 0 Å². The van der Waals surface area contributed by atoms with E-state index in [0.29, 0.717) is 0 Å². The van der Waals surface area contributed by atoms with Gasteiger partial charge in [-0.1, -0.05) is 19.4 Å². The fraction of sp³-hybridized carbons (Fsp3) is 0.882. The van der Waals surface area contributed by atoms with Gasteiger partial charge >= 0.3 is 0 Å². The van der Waals surface area contributed by atoms with Crippen molar-refractivity contribution in [3.05, 3.63) is 11.1 Å². The van der Waals surface area contributed by atoms with Gasteiger partial charge in [-0.3, -0.25) is 0 Å². The van der Waals surface area contributed by atoms with Gasteiger partial charge in [0.2, 0.25) is 0 Å². The molecule has 0 spiro atoms. The number of methoxy groups -OCH3 is 1. The van der Waals surface area contributed by atoms with Crippen LogP contribution in [0, 0.1) is 5.92 Å². The van der Waals surface area contributed by atoms with Gasteiger partial charge < -0.3 is 19.7 Å². The maximum Gasteiger partial charge on any atom is 0.111 e. The van der Waals surface area contributed by atoms with Crippen molar-refractivity contribution >= 4 is 0 Å². The Hall–Kier alpha value is -0.420. The van der Waals surface area contributed by atoms with Gasteiger partial charge in [-0.15, -0.1) is 0 Å². The van der Waals surface area contributed by atoms with Gasteiger partial charge in [-0.2, -0.15) is 0 Å². The third-order valence-electron chi connectivity index (χ3n) is 4.94. The Morgan fingerprint density at radius 3 is 2.24 bits per heavy atom. The standard InChI is InChI=1S/C17H32O4/c1-7-14(13-8-9-13)16(19)15(10-18)21-12(3)11(2)17(4,5)20-6/h11-12,15-16,18-19H,7-10H2,1-6H3. The third-order valence-corrected chi connectivity index (χ3v) is 4.94. The molecule has 2 N–H and O–H groups in total. The maximum absolute atomic E-state index is 10.5. The van der Waals surface area contributed by atoms with E-state index in [4.69, 9.17) is 9.47 Å². The van der Waals surface area contributed by atoms with Crippen LogP contribution in [0.5, 0.6) is 0 Å². The molecule has 21 heavy (non-hydrogen) atoms. The van der Waals surface area contributed by atoms with Crippen LogP contribution in [0.1, 0.15) is 53.9 Å². The number of hydrogen-bond acceptors (Lipinski definition) is 4. The van der Waals surface area contributed by atoms with Gasteiger partial charge in [-0.05, 0) is 45.6 Å². The van der Waals surface area contributed by atoms with Gasteiger partial charge in [0.1, 0.15) is 12.2 Å². The van der Waals surface area contributed by atoms with E-state index in [1.165, 1.54) is 5.57 Å². The fourth-order valence-electron chi connectivity index (χ4n) is 2.64. The minimum absolute atomic E-state index is 0.117. The van der Waals surface area contributed by atoms with Crippen molar-refractivity contribution in [2.24, 2.45) is 5.92 Å². The van der Waals surface area contributed by atoms with Crippen molar-refractivity contribution in [2.45, 2.75) is 77.8 Å². The van der Waals surface area contributed by atoms with E-state index < -0.39 is 12.2 Å². The summed E-state index contributed by atoms with van der Waals surface area (Å²) in [5.41, 5.74) is 2.05. The van der Waals surface area contributed by atoms with E-state index >= 15 is 0 Å². The first kappa shape index (κ1) is 18.6. The molecule has 1 saturated carbocycles. The van der Waals surface area contributed by atoms with E-state index in [1.54, 1.807) is 7.11 Å². The summed E-state index contributed by atoms with van der Waals surface area (Å²) in [5, 5.41) is 20.1. The summed E-state index contributed by atoms with van der Waals surface area (Å²) >= 11 is 0. The van der Waals surface area contributed by atoms with Crippen molar-refractivity contribution in [1.29, 1.82) is 0 Å². The summed E-state index contributed by atoms with van der Waals surface area (Å²) in [5.74, 6) is 0.141. The number of allylic oxidation sites excluding steroid dienone is 1. The first-order chi connectivity index (χ1) is 9.78. The molecular formula is C17H32O4. The molecule has 0 aromatic carbocycles. The average Bonchev–Trinajstić information content (AvgIpc) is 3.28. The average molecular weight is 300 g/mol. The molecule has 4 heteroatoms. The van der Waals surface area contributed by atoms with E-state index in [2.05, 4.69) is 6.92 Å². The normalized spacial score (nSPS) is 20.9. The molecule has 0 aliphatic heterocycles. The van der Waals surface area contributed by atoms with Crippen LogP contribution in [0.25, 0.3) is 0 Å². The lowest BCUT2D eigenvalue weighted by Gasteiger charge is -2.37. The first-order valence-corrected chi connectivity index (χ1v) is 7.98. The molecule has 0 amide bonds. The first-order valence-electron chi connectivity index (χ1n) is 7.98. The molecule has 124 valence electrons. The highest BCUT2D eigenvalue weighted by molar-refractivity contribution is 5.28. The predicted molar refractivity (Wildman–Crippen MR) is 84.2 cm³/mol. The minimum Gasteiger partial charge on any atom is -0.394 e. The fourth-order valence-corrected chi connectivity index (χ4v) is 2.64. The summed E-state index contributed by atoms with van der Waals surface area (Å²) in [6.45, 7) is 9.93. The largest absolute Gasteiger partial charge is 0.394 e. The summed E-state index contributed by atoms with van der Waals surface area (Å²) in [6.07, 6.45) is 1.55. The quantitative estimate of drug-likeness (QED) is 0.643. The molecule has 0 heterocycles. The molecule has 4 atom stereocenters. The molecule has 0 aromatic rings. The molecule has 0 saturated heterocycles. The van der Waals surface area contributed by atoms with E-state index in [9.17, 15) is 10.2 Å². The smallest absolute Gasteiger partial charge is 0.111 e. The Morgan fingerprint density at radius 2 is 1.86 bits per heavy atom. The Bertz CT molecular complexity index is 356. The van der Waals surface area contributed by atoms with Crippen LogP contribution < -0.4 is 0 Å². The number of ether oxygens (including phenoxy) is 2. The van der Waals surface area contributed by atoms with Crippen LogP contribution >= 0.6 is 0 Å². The second-order valence-corrected chi connectivity index (χ2v) is 6.59. The second kappa shape index (κ2) is 7.73. The molecule has 1 aliphatic rings. The lowest BCUT2D eigenvalue weighted by Crippen LogP contribution is -2.44. The number of aliphatic hydroxyl groups is 2. The number of hydrogen-bond donors (Lipinski definition) is 2. The zero-order chi connectivity index (χ0) is 16.2. The van der Waals surface area contributed by atoms with E-state index in [1.807, 2.05) is 27.7 Å². The molecule has 0 radical (unpaired) electrons. The Kier molecular flexibility index (Phi) is 6.85. The highest BCUT2D eigenvalue weighted by atomic mass is 16.5. The van der Waals surface area contributed by atoms with E-state index in [0.717, 1.165) is 24.8 Å². The molecular weight excluding hydrogens is 268 g/mol. The molecule has 1 rings (SSSR count). The van der Waals surface area contributed by atoms with Crippen LogP contribution in [0.3, 0.4) is 0 Å². The molecule has 4 unspecified atom stereocenters. The third kappa shape index (κ3) is 4.78. The maximum atomic E-state index is 10.5. The second-order valence-electron chi connectivity index (χ2n) is 6.59. The van der Waals surface area contributed by atoms with Crippen molar-refractivity contribution in [3.63, 3.8) is 0 Å². The summed E-state index contributed by atoms with van der Waals surface area (Å²) in [6, 6.07) is 0. The summed E-state index contributed by atoms with van der Waals surface area (Å²) < 4.78 is 11.5. The molecule has 1 aliphatic carbocycles. The monoisotopic (exact) mass is 300 g/mol. The lowest BCUT2D eigenvalue weighted by molar-refractivity contribution is -0.135. The van der Waals surface area contributed by atoms with Crippen LogP contribution in [0.15, 0.2) is 11.1 Å². The van der Waals surface area contributed by atoms with Crippen LogP contribution in [0.4, 0.5) is 0 Å². The number of rotatable bonds is 9. The lowest BCUT2D eigenvalue weighted by atomic mass is 9.88. The van der Waals surface area contributed by atoms with Crippen molar-refractivity contribution in [2.75, 3.05) is 13.7 Å². The Morgan fingerprint density at radius 1 is 1.29 bits per heavy atom. The molecule has 1 fully saturated rings. The SMILES string of the molecule is CCC(=C1CC1)C(O)C(CO)OC(C)C(C)C(C)(C)OC. The molecule has 4 nitrogen and oxygen atoms in total. The zero-order valence-corrected chi connectivity index (χ0v) is 14.3.